The van der Waals surface area contributed by atoms with Gasteiger partial charge in [0.1, 0.15) is 0 Å². The van der Waals surface area contributed by atoms with E-state index >= 15 is 0 Å². The minimum absolute atomic E-state index is 0.417. The number of aliphatic hydroxyl groups is 1. The van der Waals surface area contributed by atoms with Gasteiger partial charge in [-0.25, -0.2) is 9.97 Å². The number of aryl methyl sites for hydroxylation is 2. The fourth-order valence-corrected chi connectivity index (χ4v) is 2.18. The maximum absolute atomic E-state index is 9.91. The molecule has 1 aromatic heterocycles. The van der Waals surface area contributed by atoms with Crippen LogP contribution in [-0.2, 0) is 0 Å². The largest absolute Gasteiger partial charge is 0.388 e. The van der Waals surface area contributed by atoms with Gasteiger partial charge in [-0.3, -0.25) is 0 Å². The molecular weight excluding hydrogens is 226 g/mol. The van der Waals surface area contributed by atoms with Gasteiger partial charge in [-0.2, -0.15) is 0 Å². The molecule has 1 aliphatic heterocycles. The van der Waals surface area contributed by atoms with E-state index in [2.05, 4.69) is 9.97 Å². The first-order valence-electron chi connectivity index (χ1n) is 5.37. The molecule has 1 atom stereocenters. The fraction of sp³-hybridized carbons (Fsp3) is 0.636. The first kappa shape index (κ1) is 11.6. The average molecular weight is 242 g/mol. The number of aromatic nitrogens is 2. The van der Waals surface area contributed by atoms with Gasteiger partial charge in [-0.05, 0) is 27.2 Å². The molecule has 0 amide bonds. The van der Waals surface area contributed by atoms with E-state index in [4.69, 9.17) is 11.6 Å². The molecule has 2 rings (SSSR count). The summed E-state index contributed by atoms with van der Waals surface area (Å²) in [5, 5.41) is 10.3. The lowest BCUT2D eigenvalue weighted by atomic mass is 10.1. The highest BCUT2D eigenvalue weighted by Gasteiger charge is 2.33. The molecule has 0 spiro atoms. The zero-order chi connectivity index (χ0) is 11.9. The molecule has 0 saturated carbocycles. The number of hydrogen-bond donors (Lipinski definition) is 1. The molecule has 0 bridgehead atoms. The SMILES string of the molecule is Cc1nc(Cl)c(N2CCC(C)(O)C2)nc1C. The Morgan fingerprint density at radius 1 is 1.31 bits per heavy atom. The van der Waals surface area contributed by atoms with Gasteiger partial charge in [0.2, 0.25) is 0 Å². The Morgan fingerprint density at radius 3 is 2.50 bits per heavy atom. The molecule has 0 radical (unpaired) electrons. The van der Waals surface area contributed by atoms with Crippen molar-refractivity contribution < 1.29 is 5.11 Å². The molecule has 88 valence electrons. The Bertz CT molecular complexity index is 420. The summed E-state index contributed by atoms with van der Waals surface area (Å²) in [7, 11) is 0. The first-order valence-corrected chi connectivity index (χ1v) is 5.75. The van der Waals surface area contributed by atoms with Crippen LogP contribution in [0.2, 0.25) is 5.15 Å². The first-order chi connectivity index (χ1) is 7.39. The van der Waals surface area contributed by atoms with Crippen molar-refractivity contribution in [3.8, 4) is 0 Å². The maximum Gasteiger partial charge on any atom is 0.171 e. The highest BCUT2D eigenvalue weighted by atomic mass is 35.5. The van der Waals surface area contributed by atoms with Crippen molar-refractivity contribution in [3.05, 3.63) is 16.5 Å². The predicted octanol–water partition coefficient (Wildman–Crippen LogP) is 1.71. The second kappa shape index (κ2) is 3.86. The maximum atomic E-state index is 9.91. The van der Waals surface area contributed by atoms with E-state index in [1.165, 1.54) is 0 Å². The smallest absolute Gasteiger partial charge is 0.171 e. The van der Waals surface area contributed by atoms with Crippen LogP contribution in [0.15, 0.2) is 0 Å². The zero-order valence-corrected chi connectivity index (χ0v) is 10.5. The summed E-state index contributed by atoms with van der Waals surface area (Å²) >= 11 is 6.08. The Balaban J connectivity index is 2.32. The van der Waals surface area contributed by atoms with Crippen molar-refractivity contribution in [1.29, 1.82) is 0 Å². The number of hydrogen-bond acceptors (Lipinski definition) is 4. The van der Waals surface area contributed by atoms with Gasteiger partial charge >= 0.3 is 0 Å². The van der Waals surface area contributed by atoms with Gasteiger partial charge in [0.25, 0.3) is 0 Å². The van der Waals surface area contributed by atoms with Crippen LogP contribution >= 0.6 is 11.6 Å². The Labute approximate surface area is 100 Å². The average Bonchev–Trinajstić information content (AvgIpc) is 2.52. The van der Waals surface area contributed by atoms with E-state index < -0.39 is 5.60 Å². The van der Waals surface area contributed by atoms with Crippen LogP contribution in [0.4, 0.5) is 5.82 Å². The van der Waals surface area contributed by atoms with Crippen LogP contribution in [0.3, 0.4) is 0 Å². The highest BCUT2D eigenvalue weighted by Crippen LogP contribution is 2.29. The number of nitrogens with zero attached hydrogens (tertiary/aromatic N) is 3. The summed E-state index contributed by atoms with van der Waals surface area (Å²) < 4.78 is 0. The summed E-state index contributed by atoms with van der Waals surface area (Å²) in [6.45, 7) is 6.96. The minimum atomic E-state index is -0.649. The van der Waals surface area contributed by atoms with E-state index in [-0.39, 0.29) is 0 Å². The molecule has 1 saturated heterocycles. The Hall–Kier alpha value is -0.870. The topological polar surface area (TPSA) is 49.2 Å². The number of halogens is 1. The van der Waals surface area contributed by atoms with Crippen LogP contribution < -0.4 is 4.90 Å². The van der Waals surface area contributed by atoms with Crippen LogP contribution in [0.25, 0.3) is 0 Å². The zero-order valence-electron chi connectivity index (χ0n) is 9.79. The van der Waals surface area contributed by atoms with Crippen LogP contribution in [0.5, 0.6) is 0 Å². The van der Waals surface area contributed by atoms with Crippen molar-refractivity contribution in [3.63, 3.8) is 0 Å². The lowest BCUT2D eigenvalue weighted by molar-refractivity contribution is 0.0839. The van der Waals surface area contributed by atoms with Crippen LogP contribution in [0, 0.1) is 13.8 Å². The summed E-state index contributed by atoms with van der Waals surface area (Å²) in [6.07, 6.45) is 0.734. The molecule has 1 unspecified atom stereocenters. The van der Waals surface area contributed by atoms with Gasteiger partial charge < -0.3 is 10.0 Å². The molecule has 0 aliphatic carbocycles. The molecule has 1 aromatic rings. The van der Waals surface area contributed by atoms with E-state index in [9.17, 15) is 5.11 Å². The van der Waals surface area contributed by atoms with Crippen LogP contribution in [0.1, 0.15) is 24.7 Å². The molecule has 0 aromatic carbocycles. The van der Waals surface area contributed by atoms with E-state index in [1.54, 1.807) is 0 Å². The molecule has 1 N–H and O–H groups in total. The second-order valence-electron chi connectivity index (χ2n) is 4.68. The van der Waals surface area contributed by atoms with Gasteiger partial charge in [0.05, 0.1) is 17.0 Å². The van der Waals surface area contributed by atoms with Crippen molar-refractivity contribution in [2.45, 2.75) is 32.8 Å². The number of anilines is 1. The minimum Gasteiger partial charge on any atom is -0.388 e. The molecule has 2 heterocycles. The second-order valence-corrected chi connectivity index (χ2v) is 5.04. The third-order valence-electron chi connectivity index (χ3n) is 3.00. The monoisotopic (exact) mass is 241 g/mol. The molecule has 5 heteroatoms. The highest BCUT2D eigenvalue weighted by molar-refractivity contribution is 6.31. The van der Waals surface area contributed by atoms with Crippen molar-refractivity contribution in [1.82, 2.24) is 9.97 Å². The lowest BCUT2D eigenvalue weighted by Gasteiger charge is -2.21. The fourth-order valence-electron chi connectivity index (χ4n) is 1.89. The summed E-state index contributed by atoms with van der Waals surface area (Å²) in [4.78, 5) is 10.7. The molecule has 1 aliphatic rings. The molecular formula is C11H16ClN3O. The Kier molecular flexibility index (Phi) is 2.80. The summed E-state index contributed by atoms with van der Waals surface area (Å²) in [5.74, 6) is 0.683. The normalized spacial score (nSPS) is 25.2. The van der Waals surface area contributed by atoms with E-state index in [1.807, 2.05) is 25.7 Å². The predicted molar refractivity (Wildman–Crippen MR) is 64.0 cm³/mol. The van der Waals surface area contributed by atoms with Crippen LogP contribution in [-0.4, -0.2) is 33.8 Å². The lowest BCUT2D eigenvalue weighted by Crippen LogP contribution is -2.30. The third-order valence-corrected chi connectivity index (χ3v) is 3.25. The van der Waals surface area contributed by atoms with Crippen molar-refractivity contribution in [2.75, 3.05) is 18.0 Å². The summed E-state index contributed by atoms with van der Waals surface area (Å²) in [6, 6.07) is 0. The molecule has 4 nitrogen and oxygen atoms in total. The molecule has 1 fully saturated rings. The van der Waals surface area contributed by atoms with E-state index in [0.717, 1.165) is 24.4 Å². The molecule has 16 heavy (non-hydrogen) atoms. The van der Waals surface area contributed by atoms with Crippen molar-refractivity contribution in [2.24, 2.45) is 0 Å². The van der Waals surface area contributed by atoms with Crippen molar-refractivity contribution >= 4 is 17.4 Å². The van der Waals surface area contributed by atoms with E-state index in [0.29, 0.717) is 17.5 Å². The van der Waals surface area contributed by atoms with Gasteiger partial charge in [-0.1, -0.05) is 11.6 Å². The quantitative estimate of drug-likeness (QED) is 0.813. The standard InChI is InChI=1S/C11H16ClN3O/c1-7-8(2)14-10(9(12)13-7)15-5-4-11(3,16)6-15/h16H,4-6H2,1-3H3. The van der Waals surface area contributed by atoms with Gasteiger partial charge in [0.15, 0.2) is 11.0 Å². The Morgan fingerprint density at radius 2 is 1.94 bits per heavy atom. The number of rotatable bonds is 1. The third kappa shape index (κ3) is 2.13. The summed E-state index contributed by atoms with van der Waals surface area (Å²) in [5.41, 5.74) is 1.08. The van der Waals surface area contributed by atoms with Gasteiger partial charge in [-0.15, -0.1) is 0 Å². The van der Waals surface area contributed by atoms with Gasteiger partial charge in [0, 0.05) is 13.1 Å². The number of β-amino-alcohol motifs (C(OH)–C–C–N with tert-alkyl or cyclic N) is 1.